The van der Waals surface area contributed by atoms with Gasteiger partial charge >= 0.3 is 0 Å². The van der Waals surface area contributed by atoms with Crippen LogP contribution in [0.1, 0.15) is 29.6 Å². The minimum Gasteiger partial charge on any atom is -0.493 e. The van der Waals surface area contributed by atoms with Crippen LogP contribution in [0, 0.1) is 0 Å². The molecule has 0 saturated carbocycles. The van der Waals surface area contributed by atoms with Gasteiger partial charge in [0.15, 0.2) is 0 Å². The summed E-state index contributed by atoms with van der Waals surface area (Å²) < 4.78 is 7.18. The first kappa shape index (κ1) is 16.3. The normalized spacial score (nSPS) is 17.0. The molecule has 0 aliphatic carbocycles. The van der Waals surface area contributed by atoms with Crippen molar-refractivity contribution in [3.05, 3.63) is 72.1 Å². The van der Waals surface area contributed by atoms with E-state index in [1.54, 1.807) is 0 Å². The van der Waals surface area contributed by atoms with E-state index in [0.29, 0.717) is 13.0 Å². The van der Waals surface area contributed by atoms with Gasteiger partial charge in [0.1, 0.15) is 18.1 Å². The van der Waals surface area contributed by atoms with Crippen LogP contribution in [0.5, 0.6) is 5.75 Å². The molecule has 4 rings (SSSR count). The summed E-state index contributed by atoms with van der Waals surface area (Å²) in [6.45, 7) is 0.580. The highest BCUT2D eigenvalue weighted by molar-refractivity contribution is 5.81. The second-order valence-corrected chi connectivity index (χ2v) is 6.23. The first-order valence-corrected chi connectivity index (χ1v) is 8.60. The Labute approximate surface area is 151 Å². The highest BCUT2D eigenvalue weighted by Gasteiger charge is 2.28. The van der Waals surface area contributed by atoms with Crippen molar-refractivity contribution < 1.29 is 9.53 Å². The predicted molar refractivity (Wildman–Crippen MR) is 94.4 cm³/mol. The maximum atomic E-state index is 13.1. The number of fused-ring (bicyclic) bond motifs is 1. The summed E-state index contributed by atoms with van der Waals surface area (Å²) in [6.07, 6.45) is 2.73. The number of para-hydroxylation sites is 1. The molecule has 2 heterocycles. The average Bonchev–Trinajstić information content (AvgIpc) is 3.21. The standard InChI is InChI=1S/C19H19N5O2/c25-19(21-16-10-11-26-18-9-5-4-8-15(16)18)17(24-13-20-22-23-24)12-14-6-2-1-3-7-14/h1-9,13,16-17H,10-12H2,(H,21,25)/t16-,17+/m0/s1. The molecule has 1 aromatic heterocycles. The lowest BCUT2D eigenvalue weighted by molar-refractivity contribution is -0.125. The summed E-state index contributed by atoms with van der Waals surface area (Å²) in [4.78, 5) is 13.1. The quantitative estimate of drug-likeness (QED) is 0.763. The number of ether oxygens (including phenoxy) is 1. The number of hydrogen-bond donors (Lipinski definition) is 1. The molecule has 3 aromatic rings. The lowest BCUT2D eigenvalue weighted by Crippen LogP contribution is -2.38. The molecule has 0 spiro atoms. The Bertz CT molecular complexity index is 867. The van der Waals surface area contributed by atoms with E-state index >= 15 is 0 Å². The van der Waals surface area contributed by atoms with E-state index in [1.807, 2.05) is 54.6 Å². The number of hydrogen-bond acceptors (Lipinski definition) is 5. The molecule has 1 amide bonds. The lowest BCUT2D eigenvalue weighted by Gasteiger charge is -2.28. The number of nitrogens with one attached hydrogen (secondary N) is 1. The van der Waals surface area contributed by atoms with Crippen molar-refractivity contribution in [2.24, 2.45) is 0 Å². The maximum Gasteiger partial charge on any atom is 0.245 e. The summed E-state index contributed by atoms with van der Waals surface area (Å²) in [5.41, 5.74) is 2.05. The van der Waals surface area contributed by atoms with Crippen molar-refractivity contribution in [1.82, 2.24) is 25.5 Å². The highest BCUT2D eigenvalue weighted by atomic mass is 16.5. The fourth-order valence-electron chi connectivity index (χ4n) is 3.21. The first-order chi connectivity index (χ1) is 12.8. The van der Waals surface area contributed by atoms with Gasteiger partial charge in [-0.25, -0.2) is 4.68 Å². The third-order valence-corrected chi connectivity index (χ3v) is 4.53. The molecule has 2 aromatic carbocycles. The van der Waals surface area contributed by atoms with E-state index in [9.17, 15) is 4.79 Å². The Hall–Kier alpha value is -3.22. The zero-order chi connectivity index (χ0) is 17.8. The topological polar surface area (TPSA) is 81.9 Å². The van der Waals surface area contributed by atoms with Crippen molar-refractivity contribution in [1.29, 1.82) is 0 Å². The van der Waals surface area contributed by atoms with Crippen LogP contribution in [0.25, 0.3) is 0 Å². The third kappa shape index (κ3) is 3.42. The fraction of sp³-hybridized carbons (Fsp3) is 0.263. The SMILES string of the molecule is O=C(N[C@H]1CCOc2ccccc21)[C@@H](Cc1ccccc1)n1cnnn1. The second-order valence-electron chi connectivity index (χ2n) is 6.23. The Kier molecular flexibility index (Phi) is 4.59. The van der Waals surface area contributed by atoms with Crippen LogP contribution in [0.4, 0.5) is 0 Å². The number of aromatic nitrogens is 4. The smallest absolute Gasteiger partial charge is 0.245 e. The van der Waals surface area contributed by atoms with Crippen molar-refractivity contribution in [2.45, 2.75) is 24.9 Å². The van der Waals surface area contributed by atoms with Gasteiger partial charge in [0.2, 0.25) is 5.91 Å². The van der Waals surface area contributed by atoms with Gasteiger partial charge in [0, 0.05) is 18.4 Å². The summed E-state index contributed by atoms with van der Waals surface area (Å²) in [5.74, 6) is 0.717. The molecule has 0 bridgehead atoms. The summed E-state index contributed by atoms with van der Waals surface area (Å²) in [6, 6.07) is 17.1. The Morgan fingerprint density at radius 1 is 1.19 bits per heavy atom. The van der Waals surface area contributed by atoms with Gasteiger partial charge in [-0.15, -0.1) is 5.10 Å². The molecule has 7 heteroatoms. The number of tetrazole rings is 1. The predicted octanol–water partition coefficient (Wildman–Crippen LogP) is 2.10. The Balaban J connectivity index is 1.56. The van der Waals surface area contributed by atoms with Gasteiger partial charge in [-0.05, 0) is 22.1 Å². The molecule has 0 radical (unpaired) electrons. The molecular formula is C19H19N5O2. The van der Waals surface area contributed by atoms with Crippen molar-refractivity contribution >= 4 is 5.91 Å². The third-order valence-electron chi connectivity index (χ3n) is 4.53. The van der Waals surface area contributed by atoms with Gasteiger partial charge in [-0.2, -0.15) is 0 Å². The summed E-state index contributed by atoms with van der Waals surface area (Å²) in [5, 5.41) is 14.5. The summed E-state index contributed by atoms with van der Waals surface area (Å²) in [7, 11) is 0. The van der Waals surface area contributed by atoms with Crippen LogP contribution >= 0.6 is 0 Å². The van der Waals surface area contributed by atoms with Gasteiger partial charge < -0.3 is 10.1 Å². The zero-order valence-corrected chi connectivity index (χ0v) is 14.2. The monoisotopic (exact) mass is 349 g/mol. The number of carbonyl (C=O) groups excluding carboxylic acids is 1. The van der Waals surface area contributed by atoms with Crippen LogP contribution < -0.4 is 10.1 Å². The van der Waals surface area contributed by atoms with E-state index in [0.717, 1.165) is 23.3 Å². The fourth-order valence-corrected chi connectivity index (χ4v) is 3.21. The van der Waals surface area contributed by atoms with E-state index in [-0.39, 0.29) is 11.9 Å². The highest BCUT2D eigenvalue weighted by Crippen LogP contribution is 2.32. The van der Waals surface area contributed by atoms with Crippen molar-refractivity contribution in [3.8, 4) is 5.75 Å². The molecule has 1 aliphatic heterocycles. The number of nitrogens with zero attached hydrogens (tertiary/aromatic N) is 4. The number of rotatable bonds is 5. The van der Waals surface area contributed by atoms with Crippen LogP contribution in [0.3, 0.4) is 0 Å². The molecule has 2 atom stereocenters. The van der Waals surface area contributed by atoms with Crippen LogP contribution in [-0.2, 0) is 11.2 Å². The molecule has 1 aliphatic rings. The largest absolute Gasteiger partial charge is 0.493 e. The molecule has 0 fully saturated rings. The Morgan fingerprint density at radius 3 is 2.81 bits per heavy atom. The van der Waals surface area contributed by atoms with Crippen molar-refractivity contribution in [3.63, 3.8) is 0 Å². The average molecular weight is 349 g/mol. The second kappa shape index (κ2) is 7.35. The van der Waals surface area contributed by atoms with Crippen LogP contribution in [0.15, 0.2) is 60.9 Å². The molecule has 1 N–H and O–H groups in total. The van der Waals surface area contributed by atoms with E-state index in [2.05, 4.69) is 20.8 Å². The zero-order valence-electron chi connectivity index (χ0n) is 14.2. The van der Waals surface area contributed by atoms with E-state index in [4.69, 9.17) is 4.74 Å². The van der Waals surface area contributed by atoms with Crippen LogP contribution in [-0.4, -0.2) is 32.7 Å². The number of carbonyl (C=O) groups is 1. The first-order valence-electron chi connectivity index (χ1n) is 8.60. The molecule has 0 unspecified atom stereocenters. The maximum absolute atomic E-state index is 13.1. The lowest BCUT2D eigenvalue weighted by atomic mass is 9.99. The van der Waals surface area contributed by atoms with Gasteiger partial charge in [-0.3, -0.25) is 4.79 Å². The van der Waals surface area contributed by atoms with Crippen molar-refractivity contribution in [2.75, 3.05) is 6.61 Å². The molecule has 132 valence electrons. The van der Waals surface area contributed by atoms with Gasteiger partial charge in [-0.1, -0.05) is 48.5 Å². The Morgan fingerprint density at radius 2 is 2.00 bits per heavy atom. The number of amides is 1. The van der Waals surface area contributed by atoms with Gasteiger partial charge in [0.25, 0.3) is 0 Å². The molecule has 7 nitrogen and oxygen atoms in total. The van der Waals surface area contributed by atoms with E-state index < -0.39 is 6.04 Å². The van der Waals surface area contributed by atoms with Crippen LogP contribution in [0.2, 0.25) is 0 Å². The summed E-state index contributed by atoms with van der Waals surface area (Å²) >= 11 is 0. The minimum atomic E-state index is -0.512. The molecular weight excluding hydrogens is 330 g/mol. The minimum absolute atomic E-state index is 0.0813. The molecule has 26 heavy (non-hydrogen) atoms. The number of benzene rings is 2. The van der Waals surface area contributed by atoms with Gasteiger partial charge in [0.05, 0.1) is 12.6 Å². The van der Waals surface area contributed by atoms with E-state index in [1.165, 1.54) is 11.0 Å². The molecule has 0 saturated heterocycles.